The van der Waals surface area contributed by atoms with Gasteiger partial charge in [0, 0.05) is 40.9 Å². The molecule has 5 heteroatoms. The highest BCUT2D eigenvalue weighted by Gasteiger charge is 2.16. The number of hydrogen-bond donors (Lipinski definition) is 1. The summed E-state index contributed by atoms with van der Waals surface area (Å²) in [6.07, 6.45) is 4.68. The van der Waals surface area contributed by atoms with E-state index in [1.165, 1.54) is 0 Å². The van der Waals surface area contributed by atoms with Crippen molar-refractivity contribution in [3.05, 3.63) is 51.5 Å². The normalized spacial score (nSPS) is 12.6. The molecule has 3 nitrogen and oxygen atoms in total. The first-order valence-electron chi connectivity index (χ1n) is 6.28. The zero-order chi connectivity index (χ0) is 13.8. The minimum atomic E-state index is 0.181. The summed E-state index contributed by atoms with van der Waals surface area (Å²) < 4.78 is 3.22. The highest BCUT2D eigenvalue weighted by Crippen LogP contribution is 2.28. The van der Waals surface area contributed by atoms with Crippen molar-refractivity contribution >= 4 is 27.5 Å². The second-order valence-corrected chi connectivity index (χ2v) is 5.63. The summed E-state index contributed by atoms with van der Waals surface area (Å²) in [5.74, 6) is 1.08. The van der Waals surface area contributed by atoms with Gasteiger partial charge in [-0.1, -0.05) is 27.5 Å². The molecule has 102 valence electrons. The predicted octanol–water partition coefficient (Wildman–Crippen LogP) is 3.82. The Labute approximate surface area is 127 Å². The van der Waals surface area contributed by atoms with Crippen molar-refractivity contribution in [2.45, 2.75) is 25.9 Å². The van der Waals surface area contributed by atoms with Gasteiger partial charge >= 0.3 is 0 Å². The van der Waals surface area contributed by atoms with E-state index in [1.54, 1.807) is 0 Å². The largest absolute Gasteiger partial charge is 0.335 e. The molecule has 0 aliphatic rings. The molecule has 0 fully saturated rings. The fraction of sp³-hybridized carbons (Fsp3) is 0.357. The first-order valence-corrected chi connectivity index (χ1v) is 7.45. The number of halogens is 2. The average molecular weight is 343 g/mol. The molecule has 0 amide bonds. The minimum Gasteiger partial charge on any atom is -0.335 e. The number of aromatic nitrogens is 2. The van der Waals surface area contributed by atoms with Gasteiger partial charge in [-0.2, -0.15) is 0 Å². The molecular weight excluding hydrogens is 326 g/mol. The van der Waals surface area contributed by atoms with E-state index < -0.39 is 0 Å². The monoisotopic (exact) mass is 341 g/mol. The molecule has 1 aromatic heterocycles. The lowest BCUT2D eigenvalue weighted by Gasteiger charge is -2.18. The van der Waals surface area contributed by atoms with Crippen molar-refractivity contribution < 1.29 is 0 Å². The van der Waals surface area contributed by atoms with Crippen molar-refractivity contribution in [1.82, 2.24) is 14.9 Å². The summed E-state index contributed by atoms with van der Waals surface area (Å²) in [6, 6.07) is 6.04. The number of likely N-dealkylation sites (N-methyl/N-ethyl adjacent to an activating group) is 1. The van der Waals surface area contributed by atoms with Crippen molar-refractivity contribution in [1.29, 1.82) is 0 Å². The van der Waals surface area contributed by atoms with Crippen LogP contribution in [0.5, 0.6) is 0 Å². The summed E-state index contributed by atoms with van der Waals surface area (Å²) in [6.45, 7) is 3.05. The zero-order valence-electron chi connectivity index (χ0n) is 11.0. The van der Waals surface area contributed by atoms with Gasteiger partial charge in [-0.3, -0.25) is 0 Å². The molecular formula is C14H17BrClN3. The van der Waals surface area contributed by atoms with Gasteiger partial charge in [0.05, 0.1) is 0 Å². The Bertz CT molecular complexity index is 553. The van der Waals surface area contributed by atoms with Gasteiger partial charge in [-0.25, -0.2) is 4.98 Å². The van der Waals surface area contributed by atoms with Crippen LogP contribution in [0.3, 0.4) is 0 Å². The van der Waals surface area contributed by atoms with Gasteiger partial charge in [0.2, 0.25) is 0 Å². The Hall–Kier alpha value is -0.840. The van der Waals surface area contributed by atoms with E-state index in [0.717, 1.165) is 33.8 Å². The number of hydrogen-bond acceptors (Lipinski definition) is 2. The predicted molar refractivity (Wildman–Crippen MR) is 82.6 cm³/mol. The molecule has 0 aliphatic carbocycles. The van der Waals surface area contributed by atoms with Crippen LogP contribution in [0.15, 0.2) is 35.1 Å². The van der Waals surface area contributed by atoms with E-state index in [-0.39, 0.29) is 6.04 Å². The molecule has 0 saturated carbocycles. The quantitative estimate of drug-likeness (QED) is 0.895. The Morgan fingerprint density at radius 2 is 2.26 bits per heavy atom. The van der Waals surface area contributed by atoms with Crippen LogP contribution in [-0.4, -0.2) is 16.6 Å². The second-order valence-electron chi connectivity index (χ2n) is 4.34. The number of benzene rings is 1. The second kappa shape index (κ2) is 6.55. The number of nitrogens with zero attached hydrogens (tertiary/aromatic N) is 2. The fourth-order valence-corrected chi connectivity index (χ4v) is 2.85. The summed E-state index contributed by atoms with van der Waals surface area (Å²) >= 11 is 9.67. The molecule has 1 unspecified atom stereocenters. The van der Waals surface area contributed by atoms with Crippen LogP contribution in [0.25, 0.3) is 0 Å². The van der Waals surface area contributed by atoms with Crippen molar-refractivity contribution in [3.63, 3.8) is 0 Å². The van der Waals surface area contributed by atoms with Gasteiger partial charge in [-0.15, -0.1) is 0 Å². The van der Waals surface area contributed by atoms with Crippen molar-refractivity contribution in [2.75, 3.05) is 7.05 Å². The third-order valence-corrected chi connectivity index (χ3v) is 4.17. The van der Waals surface area contributed by atoms with E-state index in [0.29, 0.717) is 0 Å². The summed E-state index contributed by atoms with van der Waals surface area (Å²) in [4.78, 5) is 4.43. The molecule has 2 aromatic rings. The lowest BCUT2D eigenvalue weighted by molar-refractivity contribution is 0.551. The Morgan fingerprint density at radius 3 is 2.95 bits per heavy atom. The van der Waals surface area contributed by atoms with Crippen molar-refractivity contribution in [3.8, 4) is 0 Å². The molecule has 0 bridgehead atoms. The van der Waals surface area contributed by atoms with E-state index in [4.69, 9.17) is 11.6 Å². The average Bonchev–Trinajstić information content (AvgIpc) is 2.86. The standard InChI is InChI=1S/C14H17BrClN3/c1-3-19-7-6-18-14(19)9-13(17-2)11-8-10(16)4-5-12(11)15/h4-8,13,17H,3,9H2,1-2H3. The Balaban J connectivity index is 2.27. The van der Waals surface area contributed by atoms with Crippen LogP contribution in [0.1, 0.15) is 24.4 Å². The number of nitrogens with one attached hydrogen (secondary N) is 1. The number of imidazole rings is 1. The van der Waals surface area contributed by atoms with E-state index in [9.17, 15) is 0 Å². The van der Waals surface area contributed by atoms with E-state index in [1.807, 2.05) is 37.6 Å². The molecule has 1 aromatic carbocycles. The molecule has 1 heterocycles. The van der Waals surface area contributed by atoms with Gasteiger partial charge < -0.3 is 9.88 Å². The summed E-state index contributed by atoms with van der Waals surface area (Å²) in [7, 11) is 1.96. The third-order valence-electron chi connectivity index (χ3n) is 3.21. The number of rotatable bonds is 5. The third kappa shape index (κ3) is 3.38. The van der Waals surface area contributed by atoms with Crippen LogP contribution in [0.2, 0.25) is 5.02 Å². The molecule has 2 rings (SSSR count). The van der Waals surface area contributed by atoms with Crippen LogP contribution < -0.4 is 5.32 Å². The summed E-state index contributed by atoms with van der Waals surface area (Å²) in [5, 5.41) is 4.08. The highest BCUT2D eigenvalue weighted by atomic mass is 79.9. The molecule has 0 radical (unpaired) electrons. The zero-order valence-corrected chi connectivity index (χ0v) is 13.4. The van der Waals surface area contributed by atoms with Crippen LogP contribution in [0, 0.1) is 0 Å². The Morgan fingerprint density at radius 1 is 1.47 bits per heavy atom. The first kappa shape index (κ1) is 14.6. The molecule has 0 spiro atoms. The smallest absolute Gasteiger partial charge is 0.110 e. The maximum atomic E-state index is 6.09. The molecule has 1 N–H and O–H groups in total. The highest BCUT2D eigenvalue weighted by molar-refractivity contribution is 9.10. The fourth-order valence-electron chi connectivity index (χ4n) is 2.15. The molecule has 0 aliphatic heterocycles. The lowest BCUT2D eigenvalue weighted by Crippen LogP contribution is -2.21. The van der Waals surface area contributed by atoms with Crippen LogP contribution >= 0.6 is 27.5 Å². The van der Waals surface area contributed by atoms with Gasteiger partial charge in [0.15, 0.2) is 0 Å². The first-order chi connectivity index (χ1) is 9.15. The van der Waals surface area contributed by atoms with Crippen LogP contribution in [0.4, 0.5) is 0 Å². The molecule has 19 heavy (non-hydrogen) atoms. The Kier molecular flexibility index (Phi) is 5.02. The van der Waals surface area contributed by atoms with Gasteiger partial charge in [-0.05, 0) is 37.7 Å². The van der Waals surface area contributed by atoms with E-state index in [2.05, 4.69) is 37.7 Å². The maximum absolute atomic E-state index is 6.09. The van der Waals surface area contributed by atoms with Gasteiger partial charge in [0.25, 0.3) is 0 Å². The topological polar surface area (TPSA) is 29.9 Å². The molecule has 0 saturated heterocycles. The summed E-state index contributed by atoms with van der Waals surface area (Å²) in [5.41, 5.74) is 1.15. The maximum Gasteiger partial charge on any atom is 0.110 e. The number of aryl methyl sites for hydroxylation is 1. The van der Waals surface area contributed by atoms with Crippen molar-refractivity contribution in [2.24, 2.45) is 0 Å². The van der Waals surface area contributed by atoms with Crippen LogP contribution in [-0.2, 0) is 13.0 Å². The minimum absolute atomic E-state index is 0.181. The molecule has 1 atom stereocenters. The van der Waals surface area contributed by atoms with Gasteiger partial charge in [0.1, 0.15) is 5.82 Å². The SMILES string of the molecule is CCn1ccnc1CC(NC)c1cc(Cl)ccc1Br. The van der Waals surface area contributed by atoms with E-state index >= 15 is 0 Å². The lowest BCUT2D eigenvalue weighted by atomic mass is 10.0.